The largest absolute Gasteiger partial charge is 0.495 e. The summed E-state index contributed by atoms with van der Waals surface area (Å²) >= 11 is 1.04. The average Bonchev–Trinajstić information content (AvgIpc) is 3.10. The molecule has 1 saturated heterocycles. The summed E-state index contributed by atoms with van der Waals surface area (Å²) < 4.78 is 5.34. The molecule has 7 nitrogen and oxygen atoms in total. The summed E-state index contributed by atoms with van der Waals surface area (Å²) in [6, 6.07) is 14.4. The molecule has 2 aromatic carbocycles. The van der Waals surface area contributed by atoms with E-state index in [-0.39, 0.29) is 30.0 Å². The third kappa shape index (κ3) is 4.71. The number of nitrogens with zero attached hydrogens (tertiary/aromatic N) is 2. The van der Waals surface area contributed by atoms with Gasteiger partial charge in [-0.25, -0.2) is 0 Å². The van der Waals surface area contributed by atoms with Crippen LogP contribution in [0.4, 0.5) is 16.2 Å². The third-order valence-corrected chi connectivity index (χ3v) is 5.69. The molecule has 1 N–H and O–H groups in total. The molecule has 0 spiro atoms. The molecule has 1 atom stereocenters. The molecule has 0 bridgehead atoms. The molecule has 0 aromatic heterocycles. The van der Waals surface area contributed by atoms with Crippen molar-refractivity contribution in [2.24, 2.45) is 5.92 Å². The average molecular weight is 413 g/mol. The van der Waals surface area contributed by atoms with E-state index in [9.17, 15) is 14.4 Å². The highest BCUT2D eigenvalue weighted by Gasteiger charge is 2.36. The van der Waals surface area contributed by atoms with Crippen LogP contribution in [0.2, 0.25) is 0 Å². The van der Waals surface area contributed by atoms with Crippen LogP contribution in [-0.4, -0.2) is 49.7 Å². The van der Waals surface area contributed by atoms with Gasteiger partial charge in [0, 0.05) is 32.0 Å². The van der Waals surface area contributed by atoms with Crippen LogP contribution >= 0.6 is 11.8 Å². The van der Waals surface area contributed by atoms with Gasteiger partial charge in [-0.15, -0.1) is 0 Å². The minimum Gasteiger partial charge on any atom is -0.495 e. The highest BCUT2D eigenvalue weighted by Crippen LogP contribution is 2.34. The summed E-state index contributed by atoms with van der Waals surface area (Å²) in [6.07, 6.45) is 0.121. The zero-order valence-electron chi connectivity index (χ0n) is 16.5. The number of hydrogen-bond acceptors (Lipinski definition) is 5. The van der Waals surface area contributed by atoms with Crippen molar-refractivity contribution in [2.75, 3.05) is 38.0 Å². The number of ether oxygens (including phenoxy) is 1. The second kappa shape index (κ2) is 9.00. The number of carbonyl (C=O) groups is 3. The summed E-state index contributed by atoms with van der Waals surface area (Å²) in [5.74, 6) is -0.276. The molecular weight excluding hydrogens is 390 g/mol. The first-order valence-electron chi connectivity index (χ1n) is 9.13. The zero-order valence-corrected chi connectivity index (χ0v) is 17.4. The number of carbonyl (C=O) groups excluding carboxylic acids is 3. The molecule has 152 valence electrons. The Kier molecular flexibility index (Phi) is 6.43. The Morgan fingerprint density at radius 1 is 1.14 bits per heavy atom. The smallest absolute Gasteiger partial charge is 0.286 e. The third-order valence-electron chi connectivity index (χ3n) is 4.58. The predicted octanol–water partition coefficient (Wildman–Crippen LogP) is 3.46. The van der Waals surface area contributed by atoms with Gasteiger partial charge in [0.25, 0.3) is 5.24 Å². The van der Waals surface area contributed by atoms with E-state index in [0.29, 0.717) is 22.0 Å². The summed E-state index contributed by atoms with van der Waals surface area (Å²) in [5, 5.41) is 2.74. The lowest BCUT2D eigenvalue weighted by molar-refractivity contribution is -0.122. The Labute approximate surface area is 174 Å². The summed E-state index contributed by atoms with van der Waals surface area (Å²) in [6.45, 7) is 0.275. The van der Waals surface area contributed by atoms with E-state index in [1.165, 1.54) is 4.90 Å². The van der Waals surface area contributed by atoms with E-state index in [1.807, 2.05) is 18.2 Å². The number of anilines is 2. The molecule has 1 unspecified atom stereocenters. The first-order valence-corrected chi connectivity index (χ1v) is 9.94. The Hall–Kier alpha value is -3.00. The molecule has 29 heavy (non-hydrogen) atoms. The quantitative estimate of drug-likeness (QED) is 0.760. The summed E-state index contributed by atoms with van der Waals surface area (Å²) in [7, 11) is 4.90. The molecule has 8 heteroatoms. The van der Waals surface area contributed by atoms with E-state index in [4.69, 9.17) is 4.74 Å². The van der Waals surface area contributed by atoms with E-state index >= 15 is 0 Å². The number of amides is 3. The van der Waals surface area contributed by atoms with Gasteiger partial charge < -0.3 is 19.9 Å². The number of thioether (sulfide) groups is 1. The fourth-order valence-electron chi connectivity index (χ4n) is 3.05. The second-order valence-corrected chi connectivity index (χ2v) is 7.82. The van der Waals surface area contributed by atoms with Crippen molar-refractivity contribution in [3.8, 4) is 5.75 Å². The first-order chi connectivity index (χ1) is 13.9. The molecule has 3 amide bonds. The Morgan fingerprint density at radius 3 is 2.55 bits per heavy atom. The number of nitrogens with one attached hydrogen (secondary N) is 1. The Morgan fingerprint density at radius 2 is 1.83 bits per heavy atom. The molecule has 1 fully saturated rings. The van der Waals surface area contributed by atoms with Crippen LogP contribution in [0.5, 0.6) is 5.75 Å². The topological polar surface area (TPSA) is 79.0 Å². The van der Waals surface area contributed by atoms with Gasteiger partial charge >= 0.3 is 0 Å². The predicted molar refractivity (Wildman–Crippen MR) is 113 cm³/mol. The van der Waals surface area contributed by atoms with E-state index in [2.05, 4.69) is 5.32 Å². The SMILES string of the molecule is COc1ccccc1N1CC(C(=O)Nc2ccccc2SC(=O)N(C)C)CC1=O. The minimum absolute atomic E-state index is 0.121. The van der Waals surface area contributed by atoms with Crippen molar-refractivity contribution >= 4 is 40.2 Å². The van der Waals surface area contributed by atoms with Crippen LogP contribution < -0.4 is 15.0 Å². The monoisotopic (exact) mass is 413 g/mol. The van der Waals surface area contributed by atoms with Gasteiger partial charge in [-0.1, -0.05) is 24.3 Å². The number of benzene rings is 2. The fraction of sp³-hybridized carbons (Fsp3) is 0.286. The Bertz CT molecular complexity index is 932. The van der Waals surface area contributed by atoms with Crippen molar-refractivity contribution < 1.29 is 19.1 Å². The van der Waals surface area contributed by atoms with Gasteiger partial charge in [-0.3, -0.25) is 14.4 Å². The lowest BCUT2D eigenvalue weighted by Gasteiger charge is -2.19. The molecule has 0 aliphatic carbocycles. The maximum Gasteiger partial charge on any atom is 0.286 e. The van der Waals surface area contributed by atoms with Crippen LogP contribution in [-0.2, 0) is 9.59 Å². The lowest BCUT2D eigenvalue weighted by atomic mass is 10.1. The maximum atomic E-state index is 12.8. The van der Waals surface area contributed by atoms with Crippen molar-refractivity contribution in [3.05, 3.63) is 48.5 Å². The number of para-hydroxylation sites is 3. The Balaban J connectivity index is 1.73. The van der Waals surface area contributed by atoms with Crippen molar-refractivity contribution in [3.63, 3.8) is 0 Å². The molecule has 2 aromatic rings. The van der Waals surface area contributed by atoms with Gasteiger partial charge in [0.1, 0.15) is 5.75 Å². The summed E-state index contributed by atoms with van der Waals surface area (Å²) in [5.41, 5.74) is 1.21. The van der Waals surface area contributed by atoms with Crippen LogP contribution in [0.25, 0.3) is 0 Å². The first kappa shape index (κ1) is 20.7. The molecular formula is C21H23N3O4S. The number of methoxy groups -OCH3 is 1. The minimum atomic E-state index is -0.491. The summed E-state index contributed by atoms with van der Waals surface area (Å²) in [4.78, 5) is 41.1. The molecule has 0 radical (unpaired) electrons. The van der Waals surface area contributed by atoms with Gasteiger partial charge in [-0.2, -0.15) is 0 Å². The molecule has 1 aliphatic heterocycles. The number of rotatable bonds is 5. The van der Waals surface area contributed by atoms with Crippen LogP contribution in [0.3, 0.4) is 0 Å². The van der Waals surface area contributed by atoms with E-state index in [0.717, 1.165) is 11.8 Å². The van der Waals surface area contributed by atoms with Gasteiger partial charge in [0.15, 0.2) is 0 Å². The van der Waals surface area contributed by atoms with Crippen molar-refractivity contribution in [2.45, 2.75) is 11.3 Å². The number of hydrogen-bond donors (Lipinski definition) is 1. The fourth-order valence-corrected chi connectivity index (χ4v) is 3.79. The maximum absolute atomic E-state index is 12.8. The van der Waals surface area contributed by atoms with Crippen molar-refractivity contribution in [1.82, 2.24) is 4.90 Å². The van der Waals surface area contributed by atoms with Gasteiger partial charge in [-0.05, 0) is 36.0 Å². The zero-order chi connectivity index (χ0) is 21.0. The van der Waals surface area contributed by atoms with Crippen LogP contribution in [0.15, 0.2) is 53.4 Å². The molecule has 1 heterocycles. The van der Waals surface area contributed by atoms with E-state index in [1.54, 1.807) is 56.4 Å². The normalized spacial score (nSPS) is 15.9. The van der Waals surface area contributed by atoms with Gasteiger partial charge in [0.2, 0.25) is 11.8 Å². The second-order valence-electron chi connectivity index (χ2n) is 6.83. The standard InChI is InChI=1S/C21H23N3O4S/c1-23(2)21(27)29-18-11-7-4-8-15(18)22-20(26)14-12-19(25)24(13-14)16-9-5-6-10-17(16)28-3/h4-11,14H,12-13H2,1-3H3,(H,22,26). The van der Waals surface area contributed by atoms with Crippen LogP contribution in [0.1, 0.15) is 6.42 Å². The molecule has 1 aliphatic rings. The van der Waals surface area contributed by atoms with E-state index < -0.39 is 5.92 Å². The van der Waals surface area contributed by atoms with Crippen LogP contribution in [0, 0.1) is 5.92 Å². The lowest BCUT2D eigenvalue weighted by Crippen LogP contribution is -2.28. The molecule has 3 rings (SSSR count). The highest BCUT2D eigenvalue weighted by atomic mass is 32.2. The van der Waals surface area contributed by atoms with Gasteiger partial charge in [0.05, 0.1) is 24.4 Å². The van der Waals surface area contributed by atoms with Crippen molar-refractivity contribution in [1.29, 1.82) is 0 Å². The highest BCUT2D eigenvalue weighted by molar-refractivity contribution is 8.13. The molecule has 0 saturated carbocycles.